The Morgan fingerprint density at radius 3 is 2.54 bits per heavy atom. The summed E-state index contributed by atoms with van der Waals surface area (Å²) in [6.07, 6.45) is 2.61. The number of carbonyl (C=O) groups excluding carboxylic acids is 2. The van der Waals surface area contributed by atoms with Crippen LogP contribution >= 0.6 is 0 Å². The van der Waals surface area contributed by atoms with Crippen LogP contribution in [0.4, 0.5) is 25.8 Å². The summed E-state index contributed by atoms with van der Waals surface area (Å²) in [7, 11) is 1.42. The van der Waals surface area contributed by atoms with Crippen molar-refractivity contribution >= 4 is 39.9 Å². The molecule has 5 heterocycles. The minimum atomic E-state index is -0.995. The van der Waals surface area contributed by atoms with Gasteiger partial charge in [-0.3, -0.25) is 23.9 Å². The maximum atomic E-state index is 16.2. The Kier molecular flexibility index (Phi) is 7.31. The molecule has 11 nitrogen and oxygen atoms in total. The van der Waals surface area contributed by atoms with Gasteiger partial charge in [0.25, 0.3) is 11.5 Å². The summed E-state index contributed by atoms with van der Waals surface area (Å²) in [5, 5.41) is 10.7. The number of hydrogen-bond donors (Lipinski definition) is 1. The molecule has 1 saturated heterocycles. The average Bonchev–Trinajstić information content (AvgIpc) is 3.02. The van der Waals surface area contributed by atoms with Gasteiger partial charge in [-0.2, -0.15) is 0 Å². The predicted octanol–water partition coefficient (Wildman–Crippen LogP) is 4.67. The van der Waals surface area contributed by atoms with E-state index < -0.39 is 52.2 Å². The van der Waals surface area contributed by atoms with E-state index in [0.717, 1.165) is 16.7 Å². The summed E-state index contributed by atoms with van der Waals surface area (Å²) in [5.41, 5.74) is -1.30. The van der Waals surface area contributed by atoms with E-state index in [1.807, 2.05) is 13.8 Å². The zero-order chi connectivity index (χ0) is 33.2. The van der Waals surface area contributed by atoms with Gasteiger partial charge < -0.3 is 19.8 Å². The summed E-state index contributed by atoms with van der Waals surface area (Å²) < 4.78 is 32.4. The van der Waals surface area contributed by atoms with E-state index in [9.17, 15) is 19.5 Å². The van der Waals surface area contributed by atoms with Gasteiger partial charge in [-0.15, -0.1) is 0 Å². The second-order valence-corrected chi connectivity index (χ2v) is 11.6. The molecule has 13 heteroatoms. The molecule has 234 valence electrons. The Morgan fingerprint density at radius 2 is 1.89 bits per heavy atom. The monoisotopic (exact) mass is 625 g/mol. The highest BCUT2D eigenvalue weighted by Gasteiger charge is 2.46. The normalized spacial score (nSPS) is 17.6. The van der Waals surface area contributed by atoms with Crippen molar-refractivity contribution in [3.63, 3.8) is 0 Å². The van der Waals surface area contributed by atoms with Gasteiger partial charge in [-0.25, -0.2) is 18.6 Å². The highest BCUT2D eigenvalue weighted by molar-refractivity contribution is 6.12. The van der Waals surface area contributed by atoms with Crippen molar-refractivity contribution < 1.29 is 23.5 Å². The Bertz CT molecular complexity index is 2070. The van der Waals surface area contributed by atoms with E-state index in [4.69, 9.17) is 6.57 Å². The van der Waals surface area contributed by atoms with Crippen LogP contribution in [-0.2, 0) is 9.59 Å². The number of aromatic hydroxyl groups is 1. The molecule has 2 aliphatic rings. The fourth-order valence-corrected chi connectivity index (χ4v) is 6.37. The standard InChI is InChI=1S/C33H29F2N7O4/c1-7-24(44)40-15-22-32(45)39(6)30-28(41(22)14-17(40)4)18-13-20(35)27(25-19(34)9-8-10-23(25)43)38-31(18)42(33(30)46)29-21(36-5)11-12-37-26(29)16(2)3/h7-13,16-17,22,43H,1,14-15H2,2-4,6H3/t17-,22-/m1/s1. The van der Waals surface area contributed by atoms with E-state index in [1.54, 1.807) is 11.8 Å². The SMILES string of the molecule is [C-]#[N+]c1ccnc(C(C)C)c1-n1c(=O)c2c(c3cc(F)c(-c4c(O)cccc4F)nc31)N1C[C@@H](C)N(C(=O)C=C)C[C@@H]1C(=O)N2C. The first kappa shape index (κ1) is 30.4. The fourth-order valence-electron chi connectivity index (χ4n) is 6.37. The fraction of sp³-hybridized carbons (Fsp3) is 0.273. The molecule has 1 aromatic carbocycles. The highest BCUT2D eigenvalue weighted by Crippen LogP contribution is 2.44. The highest BCUT2D eigenvalue weighted by atomic mass is 19.1. The van der Waals surface area contributed by atoms with Crippen LogP contribution in [0.5, 0.6) is 5.75 Å². The zero-order valence-electron chi connectivity index (χ0n) is 25.5. The molecule has 0 bridgehead atoms. The summed E-state index contributed by atoms with van der Waals surface area (Å²) in [5.74, 6) is -3.61. The lowest BCUT2D eigenvalue weighted by molar-refractivity contribution is -0.130. The van der Waals surface area contributed by atoms with Gasteiger partial charge >= 0.3 is 0 Å². The second kappa shape index (κ2) is 11.1. The molecule has 4 aromatic rings. The predicted molar refractivity (Wildman–Crippen MR) is 168 cm³/mol. The number of piperazine rings is 1. The van der Waals surface area contributed by atoms with Crippen LogP contribution in [0.15, 0.2) is 54.0 Å². The third-order valence-electron chi connectivity index (χ3n) is 8.54. The third-order valence-corrected chi connectivity index (χ3v) is 8.54. The minimum Gasteiger partial charge on any atom is -0.507 e. The van der Waals surface area contributed by atoms with Crippen molar-refractivity contribution in [3.05, 3.63) is 88.3 Å². The largest absolute Gasteiger partial charge is 0.507 e. The van der Waals surface area contributed by atoms with E-state index in [0.29, 0.717) is 5.69 Å². The Labute approximate surface area is 262 Å². The number of fused-ring (bicyclic) bond motifs is 5. The number of amides is 2. The molecule has 0 saturated carbocycles. The molecule has 1 N–H and O–H groups in total. The molecule has 0 spiro atoms. The molecular weight excluding hydrogens is 596 g/mol. The first-order valence-electron chi connectivity index (χ1n) is 14.5. The number of halogens is 2. The van der Waals surface area contributed by atoms with Gasteiger partial charge in [0.1, 0.15) is 34.6 Å². The van der Waals surface area contributed by atoms with Gasteiger partial charge in [-0.05, 0) is 43.2 Å². The van der Waals surface area contributed by atoms with Gasteiger partial charge in [0.05, 0.1) is 35.7 Å². The van der Waals surface area contributed by atoms with Crippen LogP contribution in [-0.4, -0.2) is 68.6 Å². The quantitative estimate of drug-likeness (QED) is 0.259. The first-order chi connectivity index (χ1) is 21.9. The van der Waals surface area contributed by atoms with Crippen molar-refractivity contribution in [3.8, 4) is 22.7 Å². The number of nitrogens with zero attached hydrogens (tertiary/aromatic N) is 7. The molecular formula is C33H29F2N7O4. The molecule has 0 aliphatic carbocycles. The van der Waals surface area contributed by atoms with Crippen molar-refractivity contribution in [2.75, 3.05) is 29.9 Å². The van der Waals surface area contributed by atoms with Crippen molar-refractivity contribution in [1.82, 2.24) is 19.4 Å². The third kappa shape index (κ3) is 4.40. The van der Waals surface area contributed by atoms with Crippen LogP contribution in [0.2, 0.25) is 0 Å². The first-order valence-corrected chi connectivity index (χ1v) is 14.5. The number of anilines is 2. The number of rotatable bonds is 4. The number of aromatic nitrogens is 3. The van der Waals surface area contributed by atoms with Gasteiger partial charge in [0.15, 0.2) is 5.82 Å². The lowest BCUT2D eigenvalue weighted by atomic mass is 9.98. The van der Waals surface area contributed by atoms with Crippen LogP contribution in [0.1, 0.15) is 32.4 Å². The molecule has 0 unspecified atom stereocenters. The van der Waals surface area contributed by atoms with E-state index in [2.05, 4.69) is 21.4 Å². The van der Waals surface area contributed by atoms with Gasteiger partial charge in [-0.1, -0.05) is 26.5 Å². The summed E-state index contributed by atoms with van der Waals surface area (Å²) in [6.45, 7) is 17.0. The topological polar surface area (TPSA) is 116 Å². The van der Waals surface area contributed by atoms with Crippen LogP contribution < -0.4 is 15.4 Å². The van der Waals surface area contributed by atoms with E-state index in [-0.39, 0.29) is 58.7 Å². The number of pyridine rings is 3. The Hall–Kier alpha value is -5.64. The summed E-state index contributed by atoms with van der Waals surface area (Å²) in [6, 6.07) is 4.68. The maximum Gasteiger partial charge on any atom is 0.281 e. The summed E-state index contributed by atoms with van der Waals surface area (Å²) in [4.78, 5) is 58.2. The minimum absolute atomic E-state index is 0.0156. The molecule has 2 aliphatic heterocycles. The molecule has 46 heavy (non-hydrogen) atoms. The van der Waals surface area contributed by atoms with Crippen molar-refractivity contribution in [1.29, 1.82) is 0 Å². The lowest BCUT2D eigenvalue weighted by Crippen LogP contribution is -2.66. The molecule has 1 fully saturated rings. The van der Waals surface area contributed by atoms with Crippen LogP contribution in [0.25, 0.3) is 32.8 Å². The summed E-state index contributed by atoms with van der Waals surface area (Å²) >= 11 is 0. The van der Waals surface area contributed by atoms with Crippen molar-refractivity contribution in [2.24, 2.45) is 0 Å². The molecule has 2 amide bonds. The number of phenolic OH excluding ortho intramolecular Hbond substituents is 1. The van der Waals surface area contributed by atoms with Gasteiger partial charge in [0.2, 0.25) is 11.6 Å². The number of carbonyl (C=O) groups is 2. The Balaban J connectivity index is 1.78. The number of hydrogen-bond acceptors (Lipinski definition) is 7. The molecule has 3 aromatic heterocycles. The lowest BCUT2D eigenvalue weighted by Gasteiger charge is -2.49. The van der Waals surface area contributed by atoms with Gasteiger partial charge in [0, 0.05) is 31.2 Å². The average molecular weight is 626 g/mol. The zero-order valence-corrected chi connectivity index (χ0v) is 25.5. The van der Waals surface area contributed by atoms with E-state index in [1.165, 1.54) is 47.3 Å². The molecule has 0 radical (unpaired) electrons. The smallest absolute Gasteiger partial charge is 0.281 e. The second-order valence-electron chi connectivity index (χ2n) is 11.6. The molecule has 2 atom stereocenters. The number of benzene rings is 1. The molecule has 6 rings (SSSR count). The number of phenols is 1. The van der Waals surface area contributed by atoms with Crippen LogP contribution in [0.3, 0.4) is 0 Å². The Morgan fingerprint density at radius 1 is 1.15 bits per heavy atom. The van der Waals surface area contributed by atoms with Crippen LogP contribution in [0, 0.1) is 18.2 Å². The number of likely N-dealkylation sites (N-methyl/N-ethyl adjacent to an activating group) is 1. The van der Waals surface area contributed by atoms with E-state index >= 15 is 8.78 Å². The van der Waals surface area contributed by atoms with Crippen molar-refractivity contribution in [2.45, 2.75) is 38.8 Å². The maximum absolute atomic E-state index is 16.2.